The zero-order chi connectivity index (χ0) is 11.4. The predicted molar refractivity (Wildman–Crippen MR) is 65.5 cm³/mol. The molecule has 1 atom stereocenters. The molecule has 0 aromatic carbocycles. The summed E-state index contributed by atoms with van der Waals surface area (Å²) in [5, 5.41) is 12.1. The van der Waals surface area contributed by atoms with Crippen molar-refractivity contribution in [3.8, 4) is 6.07 Å². The molecule has 1 unspecified atom stereocenters. The predicted octanol–water partition coefficient (Wildman–Crippen LogP) is 1.96. The van der Waals surface area contributed by atoms with Crippen LogP contribution in [0, 0.1) is 18.3 Å². The van der Waals surface area contributed by atoms with Crippen LogP contribution in [0.4, 0.5) is 5.95 Å². The van der Waals surface area contributed by atoms with E-state index in [1.807, 2.05) is 24.8 Å². The van der Waals surface area contributed by atoms with Gasteiger partial charge in [-0.25, -0.2) is 9.97 Å². The minimum absolute atomic E-state index is 0.429. The molecule has 1 aliphatic rings. The number of aryl methyl sites for hydroxylation is 1. The Hall–Kier alpha value is -1.28. The molecule has 1 N–H and O–H groups in total. The highest BCUT2D eigenvalue weighted by Gasteiger charge is 2.14. The van der Waals surface area contributed by atoms with Crippen LogP contribution in [0.3, 0.4) is 0 Å². The number of rotatable bonds is 2. The van der Waals surface area contributed by atoms with E-state index in [2.05, 4.69) is 15.3 Å². The molecule has 4 nitrogen and oxygen atoms in total. The minimum Gasteiger partial charge on any atom is -0.351 e. The lowest BCUT2D eigenvalue weighted by Crippen LogP contribution is -2.27. The second-order valence-electron chi connectivity index (χ2n) is 3.89. The smallest absolute Gasteiger partial charge is 0.224 e. The topological polar surface area (TPSA) is 61.6 Å². The fraction of sp³-hybridized carbons (Fsp3) is 0.545. The van der Waals surface area contributed by atoms with Crippen LogP contribution < -0.4 is 5.32 Å². The number of nitrogens with zero attached hydrogens (tertiary/aromatic N) is 3. The Morgan fingerprint density at radius 1 is 1.56 bits per heavy atom. The van der Waals surface area contributed by atoms with Gasteiger partial charge in [0.25, 0.3) is 0 Å². The summed E-state index contributed by atoms with van der Waals surface area (Å²) in [6.07, 6.45) is 2.39. The van der Waals surface area contributed by atoms with E-state index in [1.165, 1.54) is 12.2 Å². The van der Waals surface area contributed by atoms with Crippen molar-refractivity contribution in [1.82, 2.24) is 9.97 Å². The summed E-state index contributed by atoms with van der Waals surface area (Å²) in [6, 6.07) is 4.18. The summed E-state index contributed by atoms with van der Waals surface area (Å²) >= 11 is 1.95. The number of hydrogen-bond acceptors (Lipinski definition) is 5. The Morgan fingerprint density at radius 2 is 2.44 bits per heavy atom. The van der Waals surface area contributed by atoms with Gasteiger partial charge in [-0.05, 0) is 31.6 Å². The average molecular weight is 234 g/mol. The zero-order valence-corrected chi connectivity index (χ0v) is 10.0. The largest absolute Gasteiger partial charge is 0.351 e. The van der Waals surface area contributed by atoms with Crippen molar-refractivity contribution in [3.05, 3.63) is 17.5 Å². The quantitative estimate of drug-likeness (QED) is 0.847. The highest BCUT2D eigenvalue weighted by Crippen LogP contribution is 2.19. The van der Waals surface area contributed by atoms with E-state index < -0.39 is 0 Å². The second kappa shape index (κ2) is 5.17. The van der Waals surface area contributed by atoms with Gasteiger partial charge < -0.3 is 5.32 Å². The molecular formula is C11H14N4S. The standard InChI is InChI=1S/C11H14N4S/c1-8-5-10(6-12)15-11(13-8)14-9-3-2-4-16-7-9/h5,9H,2-4,7H2,1H3,(H,13,14,15). The lowest BCUT2D eigenvalue weighted by Gasteiger charge is -2.22. The summed E-state index contributed by atoms with van der Waals surface area (Å²) in [4.78, 5) is 8.45. The third-order valence-electron chi connectivity index (χ3n) is 2.46. The van der Waals surface area contributed by atoms with Crippen LogP contribution in [0.1, 0.15) is 24.2 Å². The van der Waals surface area contributed by atoms with Gasteiger partial charge in [-0.3, -0.25) is 0 Å². The molecule has 1 aromatic heterocycles. The van der Waals surface area contributed by atoms with Crippen LogP contribution in [-0.4, -0.2) is 27.5 Å². The van der Waals surface area contributed by atoms with Crippen molar-refractivity contribution < 1.29 is 0 Å². The van der Waals surface area contributed by atoms with Gasteiger partial charge >= 0.3 is 0 Å². The normalized spacial score (nSPS) is 20.1. The maximum atomic E-state index is 8.82. The van der Waals surface area contributed by atoms with Crippen molar-refractivity contribution in [2.45, 2.75) is 25.8 Å². The second-order valence-corrected chi connectivity index (χ2v) is 5.04. The Kier molecular flexibility index (Phi) is 3.62. The fourth-order valence-corrected chi connectivity index (χ4v) is 2.80. The molecule has 1 aromatic rings. The molecule has 0 amide bonds. The molecule has 1 aliphatic heterocycles. The third-order valence-corrected chi connectivity index (χ3v) is 3.68. The van der Waals surface area contributed by atoms with Gasteiger partial charge in [-0.2, -0.15) is 17.0 Å². The zero-order valence-electron chi connectivity index (χ0n) is 9.23. The van der Waals surface area contributed by atoms with Crippen molar-refractivity contribution in [1.29, 1.82) is 5.26 Å². The molecular weight excluding hydrogens is 220 g/mol. The summed E-state index contributed by atoms with van der Waals surface area (Å²) in [5.41, 5.74) is 1.26. The van der Waals surface area contributed by atoms with Crippen LogP contribution in [-0.2, 0) is 0 Å². The van der Waals surface area contributed by atoms with Crippen molar-refractivity contribution in [3.63, 3.8) is 0 Å². The molecule has 16 heavy (non-hydrogen) atoms. The van der Waals surface area contributed by atoms with Gasteiger partial charge in [0.1, 0.15) is 11.8 Å². The highest BCUT2D eigenvalue weighted by molar-refractivity contribution is 7.99. The first-order valence-corrected chi connectivity index (χ1v) is 6.53. The molecule has 0 bridgehead atoms. The summed E-state index contributed by atoms with van der Waals surface area (Å²) in [6.45, 7) is 1.88. The van der Waals surface area contributed by atoms with Gasteiger partial charge in [-0.1, -0.05) is 0 Å². The lowest BCUT2D eigenvalue weighted by atomic mass is 10.2. The van der Waals surface area contributed by atoms with E-state index in [1.54, 1.807) is 6.07 Å². The van der Waals surface area contributed by atoms with Gasteiger partial charge in [0.05, 0.1) is 0 Å². The Labute approximate surface area is 99.5 Å². The van der Waals surface area contributed by atoms with Crippen molar-refractivity contribution in [2.75, 3.05) is 16.8 Å². The van der Waals surface area contributed by atoms with Gasteiger partial charge in [0, 0.05) is 17.5 Å². The lowest BCUT2D eigenvalue weighted by molar-refractivity contribution is 0.678. The van der Waals surface area contributed by atoms with E-state index >= 15 is 0 Å². The maximum absolute atomic E-state index is 8.82. The highest BCUT2D eigenvalue weighted by atomic mass is 32.2. The van der Waals surface area contributed by atoms with Crippen molar-refractivity contribution >= 4 is 17.7 Å². The van der Waals surface area contributed by atoms with E-state index in [4.69, 9.17) is 5.26 Å². The fourth-order valence-electron chi connectivity index (χ4n) is 1.73. The summed E-state index contributed by atoms with van der Waals surface area (Å²) in [7, 11) is 0. The molecule has 5 heteroatoms. The van der Waals surface area contributed by atoms with Crippen LogP contribution in [0.5, 0.6) is 0 Å². The van der Waals surface area contributed by atoms with E-state index in [-0.39, 0.29) is 0 Å². The first kappa shape index (κ1) is 11.2. The first-order valence-electron chi connectivity index (χ1n) is 5.38. The number of nitrogens with one attached hydrogen (secondary N) is 1. The first-order chi connectivity index (χ1) is 7.78. The molecule has 0 radical (unpaired) electrons. The van der Waals surface area contributed by atoms with Gasteiger partial charge in [0.15, 0.2) is 0 Å². The third kappa shape index (κ3) is 2.86. The van der Waals surface area contributed by atoms with E-state index in [9.17, 15) is 0 Å². The number of nitriles is 1. The summed E-state index contributed by atoms with van der Waals surface area (Å²) in [5.74, 6) is 2.93. The molecule has 1 saturated heterocycles. The molecule has 84 valence electrons. The number of thioether (sulfide) groups is 1. The van der Waals surface area contributed by atoms with Gasteiger partial charge in [-0.15, -0.1) is 0 Å². The molecule has 0 spiro atoms. The number of anilines is 1. The Balaban J connectivity index is 2.08. The molecule has 0 saturated carbocycles. The Morgan fingerprint density at radius 3 is 3.12 bits per heavy atom. The molecule has 1 fully saturated rings. The molecule has 0 aliphatic carbocycles. The Bertz CT molecular complexity index is 407. The monoisotopic (exact) mass is 234 g/mol. The van der Waals surface area contributed by atoms with Crippen LogP contribution in [0.15, 0.2) is 6.07 Å². The number of hydrogen-bond donors (Lipinski definition) is 1. The van der Waals surface area contributed by atoms with Gasteiger partial charge in [0.2, 0.25) is 5.95 Å². The minimum atomic E-state index is 0.429. The SMILES string of the molecule is Cc1cc(C#N)nc(NC2CCCSC2)n1. The van der Waals surface area contributed by atoms with Crippen LogP contribution >= 0.6 is 11.8 Å². The van der Waals surface area contributed by atoms with Crippen LogP contribution in [0.25, 0.3) is 0 Å². The van der Waals surface area contributed by atoms with Crippen LogP contribution in [0.2, 0.25) is 0 Å². The van der Waals surface area contributed by atoms with E-state index in [0.29, 0.717) is 17.7 Å². The molecule has 2 rings (SSSR count). The van der Waals surface area contributed by atoms with E-state index in [0.717, 1.165) is 17.9 Å². The average Bonchev–Trinajstić information content (AvgIpc) is 2.29. The van der Waals surface area contributed by atoms with Crippen molar-refractivity contribution in [2.24, 2.45) is 0 Å². The maximum Gasteiger partial charge on any atom is 0.224 e. The number of aromatic nitrogens is 2. The summed E-state index contributed by atoms with van der Waals surface area (Å²) < 4.78 is 0. The molecule has 2 heterocycles.